The van der Waals surface area contributed by atoms with Crippen molar-refractivity contribution in [3.8, 4) is 0 Å². The number of carbonyl (C=O) groups is 3. The lowest BCUT2D eigenvalue weighted by atomic mass is 10.4. The van der Waals surface area contributed by atoms with E-state index in [2.05, 4.69) is 26.6 Å². The Labute approximate surface area is 117 Å². The van der Waals surface area contributed by atoms with Crippen LogP contribution in [0.25, 0.3) is 0 Å². The van der Waals surface area contributed by atoms with Gasteiger partial charge in [0.05, 0.1) is 6.54 Å². The Morgan fingerprint density at radius 2 is 2.00 bits per heavy atom. The van der Waals surface area contributed by atoms with E-state index in [0.29, 0.717) is 11.2 Å². The zero-order valence-corrected chi connectivity index (χ0v) is 11.8. The van der Waals surface area contributed by atoms with Crippen LogP contribution in [0.4, 0.5) is 0 Å². The third-order valence-electron chi connectivity index (χ3n) is 1.93. The Kier molecular flexibility index (Phi) is 6.07. The topological polar surface area (TPSA) is 97.6 Å². The fraction of sp³-hybridized carbons (Fsp3) is 0.364. The van der Waals surface area contributed by atoms with Crippen LogP contribution in [0.15, 0.2) is 21.2 Å². The first-order valence-electron chi connectivity index (χ1n) is 5.48. The van der Waals surface area contributed by atoms with Crippen molar-refractivity contribution < 1.29 is 23.5 Å². The monoisotopic (exact) mass is 332 g/mol. The highest BCUT2D eigenvalue weighted by Gasteiger charge is 2.14. The van der Waals surface area contributed by atoms with Gasteiger partial charge >= 0.3 is 5.97 Å². The SMILES string of the molecule is CCNC(=O)CNC(=O)COC(=O)c1ccc(Br)o1. The van der Waals surface area contributed by atoms with Crippen LogP contribution in [0.5, 0.6) is 0 Å². The molecule has 8 heteroatoms. The third kappa shape index (κ3) is 5.56. The van der Waals surface area contributed by atoms with Gasteiger partial charge in [-0.3, -0.25) is 9.59 Å². The third-order valence-corrected chi connectivity index (χ3v) is 2.36. The summed E-state index contributed by atoms with van der Waals surface area (Å²) in [5, 5.41) is 4.82. The number of hydrogen-bond donors (Lipinski definition) is 2. The molecule has 0 spiro atoms. The van der Waals surface area contributed by atoms with Gasteiger partial charge in [0, 0.05) is 6.54 Å². The van der Waals surface area contributed by atoms with E-state index in [1.165, 1.54) is 12.1 Å². The minimum absolute atomic E-state index is 0.0107. The number of esters is 1. The van der Waals surface area contributed by atoms with E-state index in [0.717, 1.165) is 0 Å². The minimum atomic E-state index is -0.751. The molecule has 0 bridgehead atoms. The second kappa shape index (κ2) is 7.57. The van der Waals surface area contributed by atoms with Crippen molar-refractivity contribution in [2.24, 2.45) is 0 Å². The second-order valence-corrected chi connectivity index (χ2v) is 4.19. The van der Waals surface area contributed by atoms with Gasteiger partial charge in [-0.1, -0.05) is 0 Å². The highest BCUT2D eigenvalue weighted by Crippen LogP contribution is 2.14. The predicted octanol–water partition coefficient (Wildman–Crippen LogP) is 0.451. The van der Waals surface area contributed by atoms with Crippen LogP contribution in [0.2, 0.25) is 0 Å². The summed E-state index contributed by atoms with van der Waals surface area (Å²) >= 11 is 3.04. The molecule has 0 radical (unpaired) electrons. The molecule has 19 heavy (non-hydrogen) atoms. The second-order valence-electron chi connectivity index (χ2n) is 3.41. The van der Waals surface area contributed by atoms with E-state index < -0.39 is 18.5 Å². The number of nitrogens with one attached hydrogen (secondary N) is 2. The predicted molar refractivity (Wildman–Crippen MR) is 68.4 cm³/mol. The van der Waals surface area contributed by atoms with Gasteiger partial charge in [0.25, 0.3) is 5.91 Å². The summed E-state index contributed by atoms with van der Waals surface area (Å²) in [6.07, 6.45) is 0. The summed E-state index contributed by atoms with van der Waals surface area (Å²) in [7, 11) is 0. The van der Waals surface area contributed by atoms with E-state index in [9.17, 15) is 14.4 Å². The molecule has 1 aromatic heterocycles. The number of rotatable bonds is 6. The van der Waals surface area contributed by atoms with Gasteiger partial charge in [0.1, 0.15) is 0 Å². The van der Waals surface area contributed by atoms with E-state index in [-0.39, 0.29) is 18.2 Å². The molecule has 0 aromatic carbocycles. The number of halogens is 1. The van der Waals surface area contributed by atoms with E-state index in [1.54, 1.807) is 6.92 Å². The van der Waals surface area contributed by atoms with Gasteiger partial charge in [-0.2, -0.15) is 0 Å². The first-order chi connectivity index (χ1) is 9.02. The fourth-order valence-corrected chi connectivity index (χ4v) is 1.42. The van der Waals surface area contributed by atoms with Crippen molar-refractivity contribution in [3.05, 3.63) is 22.6 Å². The van der Waals surface area contributed by atoms with Crippen LogP contribution in [0.3, 0.4) is 0 Å². The average Bonchev–Trinajstić information content (AvgIpc) is 2.80. The van der Waals surface area contributed by atoms with Crippen LogP contribution in [0.1, 0.15) is 17.5 Å². The quantitative estimate of drug-likeness (QED) is 0.737. The Balaban J connectivity index is 2.26. The van der Waals surface area contributed by atoms with Gasteiger partial charge in [0.2, 0.25) is 11.7 Å². The highest BCUT2D eigenvalue weighted by molar-refractivity contribution is 9.10. The molecule has 0 aliphatic carbocycles. The number of ether oxygens (including phenoxy) is 1. The van der Waals surface area contributed by atoms with Crippen molar-refractivity contribution in [2.75, 3.05) is 19.7 Å². The molecule has 2 amide bonds. The van der Waals surface area contributed by atoms with Crippen LogP contribution in [-0.2, 0) is 14.3 Å². The van der Waals surface area contributed by atoms with Crippen molar-refractivity contribution in [2.45, 2.75) is 6.92 Å². The molecular formula is C11H13BrN2O5. The number of carbonyl (C=O) groups excluding carboxylic acids is 3. The van der Waals surface area contributed by atoms with E-state index in [4.69, 9.17) is 9.15 Å². The lowest BCUT2D eigenvalue weighted by molar-refractivity contribution is -0.127. The Morgan fingerprint density at radius 1 is 1.26 bits per heavy atom. The first-order valence-corrected chi connectivity index (χ1v) is 6.28. The van der Waals surface area contributed by atoms with Crippen molar-refractivity contribution in [1.82, 2.24) is 10.6 Å². The summed E-state index contributed by atoms with van der Waals surface area (Å²) < 4.78 is 10.0. The van der Waals surface area contributed by atoms with Crippen LogP contribution in [0, 0.1) is 0 Å². The van der Waals surface area contributed by atoms with Crippen molar-refractivity contribution in [1.29, 1.82) is 0 Å². The Bertz CT molecular complexity index is 471. The molecule has 0 saturated carbocycles. The Morgan fingerprint density at radius 3 is 2.58 bits per heavy atom. The maximum Gasteiger partial charge on any atom is 0.374 e. The molecular weight excluding hydrogens is 320 g/mol. The normalized spacial score (nSPS) is 9.79. The van der Waals surface area contributed by atoms with Gasteiger partial charge in [-0.25, -0.2) is 4.79 Å². The number of amides is 2. The van der Waals surface area contributed by atoms with Crippen LogP contribution in [-0.4, -0.2) is 37.5 Å². The highest BCUT2D eigenvalue weighted by atomic mass is 79.9. The summed E-state index contributed by atoms with van der Waals surface area (Å²) in [5.41, 5.74) is 0. The molecule has 1 aromatic rings. The molecule has 0 fully saturated rings. The van der Waals surface area contributed by atoms with Gasteiger partial charge in [0.15, 0.2) is 11.3 Å². The fourth-order valence-electron chi connectivity index (χ4n) is 1.12. The lowest BCUT2D eigenvalue weighted by Gasteiger charge is -2.05. The molecule has 1 rings (SSSR count). The largest absolute Gasteiger partial charge is 0.450 e. The van der Waals surface area contributed by atoms with Gasteiger partial charge in [-0.15, -0.1) is 0 Å². The minimum Gasteiger partial charge on any atom is -0.450 e. The smallest absolute Gasteiger partial charge is 0.374 e. The molecule has 0 aliphatic rings. The van der Waals surface area contributed by atoms with Crippen molar-refractivity contribution in [3.63, 3.8) is 0 Å². The molecule has 0 unspecified atom stereocenters. The maximum atomic E-state index is 11.4. The molecule has 0 aliphatic heterocycles. The summed E-state index contributed by atoms with van der Waals surface area (Å²) in [6, 6.07) is 2.95. The van der Waals surface area contributed by atoms with Crippen LogP contribution >= 0.6 is 15.9 Å². The zero-order chi connectivity index (χ0) is 14.3. The van der Waals surface area contributed by atoms with Gasteiger partial charge < -0.3 is 19.8 Å². The molecule has 0 atom stereocenters. The standard InChI is InChI=1S/C11H13BrN2O5/c1-2-13-9(15)5-14-10(16)6-18-11(17)7-3-4-8(12)19-7/h3-4H,2,5-6H2,1H3,(H,13,15)(H,14,16). The molecule has 2 N–H and O–H groups in total. The van der Waals surface area contributed by atoms with E-state index >= 15 is 0 Å². The molecule has 0 saturated heterocycles. The van der Waals surface area contributed by atoms with E-state index in [1.807, 2.05) is 0 Å². The molecule has 1 heterocycles. The lowest BCUT2D eigenvalue weighted by Crippen LogP contribution is -2.38. The number of furan rings is 1. The zero-order valence-electron chi connectivity index (χ0n) is 10.2. The number of likely N-dealkylation sites (N-methyl/N-ethyl adjacent to an activating group) is 1. The average molecular weight is 333 g/mol. The van der Waals surface area contributed by atoms with Gasteiger partial charge in [-0.05, 0) is 35.0 Å². The number of hydrogen-bond acceptors (Lipinski definition) is 5. The first kappa shape index (κ1) is 15.2. The van der Waals surface area contributed by atoms with Crippen molar-refractivity contribution >= 4 is 33.7 Å². The molecule has 7 nitrogen and oxygen atoms in total. The van der Waals surface area contributed by atoms with Crippen LogP contribution < -0.4 is 10.6 Å². The summed E-state index contributed by atoms with van der Waals surface area (Å²) in [4.78, 5) is 33.7. The summed E-state index contributed by atoms with van der Waals surface area (Å²) in [6.45, 7) is 1.62. The molecule has 104 valence electrons. The summed E-state index contributed by atoms with van der Waals surface area (Å²) in [5.74, 6) is -1.63. The Hall–Kier alpha value is -1.83. The maximum absolute atomic E-state index is 11.4.